The Balaban J connectivity index is 1.88. The topological polar surface area (TPSA) is 67.2 Å². The summed E-state index contributed by atoms with van der Waals surface area (Å²) in [4.78, 5) is 11.6. The zero-order valence-electron chi connectivity index (χ0n) is 10.4. The zero-order chi connectivity index (χ0) is 13.0. The molecular formula is C13H15N3O2. The quantitative estimate of drug-likeness (QED) is 0.873. The predicted molar refractivity (Wildman–Crippen MR) is 68.3 cm³/mol. The molecule has 0 saturated heterocycles. The Hall–Kier alpha value is -2.30. The Morgan fingerprint density at radius 2 is 2.00 bits per heavy atom. The molecule has 1 aromatic heterocycles. The number of benzene rings is 1. The van der Waals surface area contributed by atoms with Crippen molar-refractivity contribution in [1.29, 1.82) is 0 Å². The summed E-state index contributed by atoms with van der Waals surface area (Å²) in [7, 11) is 0. The van der Waals surface area contributed by atoms with E-state index >= 15 is 0 Å². The molecule has 2 N–H and O–H groups in total. The van der Waals surface area contributed by atoms with Gasteiger partial charge in [-0.2, -0.15) is 0 Å². The molecule has 0 unspecified atom stereocenters. The number of rotatable bonds is 3. The molecular weight excluding hydrogens is 230 g/mol. The molecule has 5 nitrogen and oxygen atoms in total. The lowest BCUT2D eigenvalue weighted by molar-refractivity contribution is 0.251. The molecule has 1 heterocycles. The summed E-state index contributed by atoms with van der Waals surface area (Å²) in [5.74, 6) is 0.387. The summed E-state index contributed by atoms with van der Waals surface area (Å²) in [6.45, 7) is 4.14. The molecule has 0 saturated carbocycles. The van der Waals surface area contributed by atoms with Crippen LogP contribution in [0.15, 0.2) is 34.9 Å². The number of aromatic nitrogens is 1. The molecule has 0 atom stereocenters. The second-order valence-corrected chi connectivity index (χ2v) is 4.02. The van der Waals surface area contributed by atoms with Gasteiger partial charge in [0.15, 0.2) is 0 Å². The highest BCUT2D eigenvalue weighted by Gasteiger charge is 2.10. The van der Waals surface area contributed by atoms with Gasteiger partial charge in [0, 0.05) is 12.1 Å². The first kappa shape index (κ1) is 12.2. The number of carbonyl (C=O) groups is 1. The summed E-state index contributed by atoms with van der Waals surface area (Å²) in [5.41, 5.74) is 2.65. The number of amides is 2. The first-order chi connectivity index (χ1) is 8.66. The molecule has 5 heteroatoms. The molecule has 0 aliphatic carbocycles. The van der Waals surface area contributed by atoms with Gasteiger partial charge in [0.2, 0.25) is 5.88 Å². The van der Waals surface area contributed by atoms with E-state index in [9.17, 15) is 4.79 Å². The Labute approximate surface area is 105 Å². The van der Waals surface area contributed by atoms with E-state index in [4.69, 9.17) is 4.52 Å². The van der Waals surface area contributed by atoms with Gasteiger partial charge in [-0.3, -0.25) is 5.32 Å². The lowest BCUT2D eigenvalue weighted by Gasteiger charge is -2.05. The lowest BCUT2D eigenvalue weighted by atomic mass is 10.2. The fourth-order valence-corrected chi connectivity index (χ4v) is 1.46. The van der Waals surface area contributed by atoms with Gasteiger partial charge in [-0.15, -0.1) is 0 Å². The predicted octanol–water partition coefficient (Wildman–Crippen LogP) is 2.61. The van der Waals surface area contributed by atoms with Crippen LogP contribution in [0.25, 0.3) is 0 Å². The molecule has 18 heavy (non-hydrogen) atoms. The number of nitrogens with zero attached hydrogens (tertiary/aromatic N) is 1. The molecule has 2 aromatic rings. The number of urea groups is 1. The maximum atomic E-state index is 11.6. The highest BCUT2D eigenvalue weighted by molar-refractivity contribution is 5.88. The third-order valence-corrected chi connectivity index (χ3v) is 2.68. The van der Waals surface area contributed by atoms with E-state index in [-0.39, 0.29) is 6.03 Å². The van der Waals surface area contributed by atoms with Gasteiger partial charge in [0.05, 0.1) is 5.69 Å². The molecule has 94 valence electrons. The lowest BCUT2D eigenvalue weighted by Crippen LogP contribution is -2.28. The fourth-order valence-electron chi connectivity index (χ4n) is 1.46. The molecule has 0 aliphatic heterocycles. The Kier molecular flexibility index (Phi) is 3.62. The van der Waals surface area contributed by atoms with Crippen LogP contribution < -0.4 is 10.6 Å². The van der Waals surface area contributed by atoms with Crippen LogP contribution in [0.4, 0.5) is 10.7 Å². The zero-order valence-corrected chi connectivity index (χ0v) is 10.4. The number of hydrogen-bond acceptors (Lipinski definition) is 3. The average Bonchev–Trinajstić information content (AvgIpc) is 2.70. The number of nitrogens with one attached hydrogen (secondary N) is 2. The van der Waals surface area contributed by atoms with E-state index in [0.717, 1.165) is 16.8 Å². The van der Waals surface area contributed by atoms with Gasteiger partial charge in [0.1, 0.15) is 0 Å². The highest BCUT2D eigenvalue weighted by Crippen LogP contribution is 2.16. The van der Waals surface area contributed by atoms with Crippen molar-refractivity contribution in [3.63, 3.8) is 0 Å². The minimum absolute atomic E-state index is 0.307. The summed E-state index contributed by atoms with van der Waals surface area (Å²) in [5, 5.41) is 9.14. The van der Waals surface area contributed by atoms with Crippen LogP contribution in [-0.4, -0.2) is 11.2 Å². The van der Waals surface area contributed by atoms with Gasteiger partial charge in [-0.25, -0.2) is 4.79 Å². The molecule has 0 radical (unpaired) electrons. The van der Waals surface area contributed by atoms with Crippen molar-refractivity contribution in [2.75, 3.05) is 5.32 Å². The second kappa shape index (κ2) is 5.35. The number of carbonyl (C=O) groups excluding carboxylic acids is 1. The van der Waals surface area contributed by atoms with E-state index in [2.05, 4.69) is 15.8 Å². The van der Waals surface area contributed by atoms with E-state index in [1.165, 1.54) is 0 Å². The minimum atomic E-state index is -0.307. The van der Waals surface area contributed by atoms with Gasteiger partial charge < -0.3 is 9.84 Å². The number of aryl methyl sites for hydroxylation is 1. The van der Waals surface area contributed by atoms with Crippen molar-refractivity contribution in [3.8, 4) is 0 Å². The Bertz CT molecular complexity index is 534. The Morgan fingerprint density at radius 1 is 1.28 bits per heavy atom. The van der Waals surface area contributed by atoms with Crippen molar-refractivity contribution < 1.29 is 9.32 Å². The smallest absolute Gasteiger partial charge is 0.321 e. The van der Waals surface area contributed by atoms with Crippen molar-refractivity contribution >= 4 is 11.9 Å². The third kappa shape index (κ3) is 2.88. The van der Waals surface area contributed by atoms with Crippen molar-refractivity contribution in [2.24, 2.45) is 0 Å². The Morgan fingerprint density at radius 3 is 2.61 bits per heavy atom. The average molecular weight is 245 g/mol. The molecule has 1 aromatic carbocycles. The van der Waals surface area contributed by atoms with E-state index in [1.54, 1.807) is 0 Å². The largest absolute Gasteiger partial charge is 0.338 e. The molecule has 0 aliphatic rings. The van der Waals surface area contributed by atoms with Gasteiger partial charge in [-0.05, 0) is 19.4 Å². The van der Waals surface area contributed by atoms with Gasteiger partial charge >= 0.3 is 6.03 Å². The van der Waals surface area contributed by atoms with Crippen LogP contribution >= 0.6 is 0 Å². The normalized spacial score (nSPS) is 10.1. The van der Waals surface area contributed by atoms with Gasteiger partial charge in [0.25, 0.3) is 0 Å². The third-order valence-electron chi connectivity index (χ3n) is 2.68. The summed E-state index contributed by atoms with van der Waals surface area (Å²) >= 11 is 0. The van der Waals surface area contributed by atoms with Crippen LogP contribution in [0.3, 0.4) is 0 Å². The highest BCUT2D eigenvalue weighted by atomic mass is 16.5. The first-order valence-electron chi connectivity index (χ1n) is 5.68. The van der Waals surface area contributed by atoms with Crippen LogP contribution in [0.5, 0.6) is 0 Å². The fraction of sp³-hybridized carbons (Fsp3) is 0.231. The summed E-state index contributed by atoms with van der Waals surface area (Å²) in [6, 6.07) is 9.38. The minimum Gasteiger partial charge on any atom is -0.338 e. The number of anilines is 1. The monoisotopic (exact) mass is 245 g/mol. The van der Waals surface area contributed by atoms with Crippen LogP contribution in [0.2, 0.25) is 0 Å². The maximum Gasteiger partial charge on any atom is 0.321 e. The SMILES string of the molecule is Cc1noc(NC(=O)NCc2ccccc2)c1C. The molecule has 2 amide bonds. The summed E-state index contributed by atoms with van der Waals surface area (Å²) < 4.78 is 5.00. The van der Waals surface area contributed by atoms with Crippen molar-refractivity contribution in [1.82, 2.24) is 10.5 Å². The van der Waals surface area contributed by atoms with Crippen LogP contribution in [0, 0.1) is 13.8 Å². The summed E-state index contributed by atoms with van der Waals surface area (Å²) in [6.07, 6.45) is 0. The van der Waals surface area contributed by atoms with Crippen LogP contribution in [0.1, 0.15) is 16.8 Å². The molecule has 0 fully saturated rings. The van der Waals surface area contributed by atoms with E-state index in [1.807, 2.05) is 44.2 Å². The van der Waals surface area contributed by atoms with Crippen LogP contribution in [-0.2, 0) is 6.54 Å². The van der Waals surface area contributed by atoms with E-state index in [0.29, 0.717) is 12.4 Å². The molecule has 0 bridgehead atoms. The van der Waals surface area contributed by atoms with E-state index < -0.39 is 0 Å². The van der Waals surface area contributed by atoms with Gasteiger partial charge in [-0.1, -0.05) is 35.5 Å². The van der Waals surface area contributed by atoms with Crippen molar-refractivity contribution in [2.45, 2.75) is 20.4 Å². The number of hydrogen-bond donors (Lipinski definition) is 2. The standard InChI is InChI=1S/C13H15N3O2/c1-9-10(2)16-18-12(9)15-13(17)14-8-11-6-4-3-5-7-11/h3-7H,8H2,1-2H3,(H2,14,15,17). The second-order valence-electron chi connectivity index (χ2n) is 4.02. The maximum absolute atomic E-state index is 11.6. The molecule has 0 spiro atoms. The first-order valence-corrected chi connectivity index (χ1v) is 5.68. The molecule has 2 rings (SSSR count). The van der Waals surface area contributed by atoms with Crippen molar-refractivity contribution in [3.05, 3.63) is 47.2 Å².